The number of fused-ring (bicyclic) bond motifs is 1. The lowest BCUT2D eigenvalue weighted by Crippen LogP contribution is -2.34. The molecule has 0 aromatic heterocycles. The zero-order valence-corrected chi connectivity index (χ0v) is 12.3. The zero-order valence-electron chi connectivity index (χ0n) is 11.5. The van der Waals surface area contributed by atoms with Gasteiger partial charge in [-0.2, -0.15) is 0 Å². The molecule has 0 spiro atoms. The summed E-state index contributed by atoms with van der Waals surface area (Å²) >= 11 is 1.71. The van der Waals surface area contributed by atoms with Crippen molar-refractivity contribution < 1.29 is 9.90 Å². The van der Waals surface area contributed by atoms with Crippen molar-refractivity contribution in [3.05, 3.63) is 65.7 Å². The summed E-state index contributed by atoms with van der Waals surface area (Å²) in [7, 11) is 0. The predicted molar refractivity (Wildman–Crippen MR) is 84.3 cm³/mol. The summed E-state index contributed by atoms with van der Waals surface area (Å²) in [6.45, 7) is -0.0999. The van der Waals surface area contributed by atoms with Gasteiger partial charge in [0.1, 0.15) is 0 Å². The third kappa shape index (κ3) is 2.96. The van der Waals surface area contributed by atoms with E-state index in [1.54, 1.807) is 11.8 Å². The van der Waals surface area contributed by atoms with E-state index >= 15 is 0 Å². The van der Waals surface area contributed by atoms with Crippen LogP contribution in [0.4, 0.5) is 0 Å². The predicted octanol–water partition coefficient (Wildman–Crippen LogP) is 2.73. The fourth-order valence-corrected chi connectivity index (χ4v) is 3.80. The third-order valence-electron chi connectivity index (χ3n) is 3.72. The number of hydrogen-bond donors (Lipinski definition) is 2. The maximum atomic E-state index is 12.5. The SMILES string of the molecule is O=C(NC(CO)c1ccccc1)C1CSc2ccccc21. The van der Waals surface area contributed by atoms with Crippen LogP contribution in [0, 0.1) is 0 Å². The van der Waals surface area contributed by atoms with Gasteiger partial charge in [-0.15, -0.1) is 11.8 Å². The lowest BCUT2D eigenvalue weighted by atomic mass is 9.99. The standard InChI is InChI=1S/C17H17NO2S/c19-10-15(12-6-2-1-3-7-12)18-17(20)14-11-21-16-9-5-4-8-13(14)16/h1-9,14-15,19H,10-11H2,(H,18,20). The Balaban J connectivity index is 1.75. The summed E-state index contributed by atoms with van der Waals surface area (Å²) in [6, 6.07) is 17.2. The minimum absolute atomic E-state index is 0.0182. The molecule has 0 saturated carbocycles. The first-order valence-corrected chi connectivity index (χ1v) is 7.96. The van der Waals surface area contributed by atoms with Crippen LogP contribution < -0.4 is 5.32 Å². The topological polar surface area (TPSA) is 49.3 Å². The normalized spacial score (nSPS) is 18.0. The Labute approximate surface area is 128 Å². The molecule has 3 nitrogen and oxygen atoms in total. The number of aliphatic hydroxyl groups excluding tert-OH is 1. The Hall–Kier alpha value is -1.78. The Morgan fingerprint density at radius 1 is 1.19 bits per heavy atom. The maximum Gasteiger partial charge on any atom is 0.228 e. The number of aliphatic hydroxyl groups is 1. The molecule has 1 heterocycles. The highest BCUT2D eigenvalue weighted by Crippen LogP contribution is 2.39. The van der Waals surface area contributed by atoms with Crippen LogP contribution in [0.25, 0.3) is 0 Å². The molecular formula is C17H17NO2S. The molecule has 0 saturated heterocycles. The summed E-state index contributed by atoms with van der Waals surface area (Å²) in [5, 5.41) is 12.5. The summed E-state index contributed by atoms with van der Waals surface area (Å²) in [4.78, 5) is 13.7. The molecule has 1 aliphatic heterocycles. The molecule has 4 heteroatoms. The molecule has 2 unspecified atom stereocenters. The van der Waals surface area contributed by atoms with Gasteiger partial charge in [0.05, 0.1) is 18.6 Å². The van der Waals surface area contributed by atoms with Crippen LogP contribution in [-0.2, 0) is 4.79 Å². The molecule has 2 aromatic carbocycles. The summed E-state index contributed by atoms with van der Waals surface area (Å²) in [5.41, 5.74) is 2.01. The highest BCUT2D eigenvalue weighted by molar-refractivity contribution is 7.99. The van der Waals surface area contributed by atoms with Gasteiger partial charge in [0, 0.05) is 10.6 Å². The van der Waals surface area contributed by atoms with Gasteiger partial charge in [-0.1, -0.05) is 48.5 Å². The molecule has 0 aliphatic carbocycles. The van der Waals surface area contributed by atoms with E-state index < -0.39 is 0 Å². The van der Waals surface area contributed by atoms with Gasteiger partial charge in [-0.3, -0.25) is 4.79 Å². The molecule has 108 valence electrons. The zero-order chi connectivity index (χ0) is 14.7. The largest absolute Gasteiger partial charge is 0.394 e. The lowest BCUT2D eigenvalue weighted by Gasteiger charge is -2.19. The van der Waals surface area contributed by atoms with Gasteiger partial charge in [-0.05, 0) is 17.2 Å². The Kier molecular flexibility index (Phi) is 4.27. The minimum Gasteiger partial charge on any atom is -0.394 e. The Morgan fingerprint density at radius 2 is 1.90 bits per heavy atom. The number of amides is 1. The van der Waals surface area contributed by atoms with Crippen molar-refractivity contribution in [2.24, 2.45) is 0 Å². The first-order valence-electron chi connectivity index (χ1n) is 6.97. The highest BCUT2D eigenvalue weighted by Gasteiger charge is 2.30. The van der Waals surface area contributed by atoms with Gasteiger partial charge in [0.25, 0.3) is 0 Å². The molecule has 2 aromatic rings. The van der Waals surface area contributed by atoms with Crippen molar-refractivity contribution in [2.45, 2.75) is 16.9 Å². The second-order valence-electron chi connectivity index (χ2n) is 5.06. The van der Waals surface area contributed by atoms with Crippen LogP contribution in [0.1, 0.15) is 23.1 Å². The van der Waals surface area contributed by atoms with Crippen molar-refractivity contribution in [1.82, 2.24) is 5.32 Å². The van der Waals surface area contributed by atoms with Crippen LogP contribution in [0.3, 0.4) is 0 Å². The van der Waals surface area contributed by atoms with Crippen molar-refractivity contribution in [3.8, 4) is 0 Å². The number of benzene rings is 2. The lowest BCUT2D eigenvalue weighted by molar-refractivity contribution is -0.123. The van der Waals surface area contributed by atoms with E-state index in [4.69, 9.17) is 0 Å². The number of hydrogen-bond acceptors (Lipinski definition) is 3. The van der Waals surface area contributed by atoms with E-state index in [2.05, 4.69) is 5.32 Å². The monoisotopic (exact) mass is 299 g/mol. The fourth-order valence-electron chi connectivity index (χ4n) is 2.57. The van der Waals surface area contributed by atoms with Gasteiger partial charge in [-0.25, -0.2) is 0 Å². The van der Waals surface area contributed by atoms with E-state index in [9.17, 15) is 9.90 Å². The maximum absolute atomic E-state index is 12.5. The van der Waals surface area contributed by atoms with Gasteiger partial charge < -0.3 is 10.4 Å². The van der Waals surface area contributed by atoms with Crippen molar-refractivity contribution in [2.75, 3.05) is 12.4 Å². The van der Waals surface area contributed by atoms with E-state index in [1.807, 2.05) is 54.6 Å². The van der Waals surface area contributed by atoms with Crippen LogP contribution in [-0.4, -0.2) is 23.4 Å². The van der Waals surface area contributed by atoms with Gasteiger partial charge in [0.15, 0.2) is 0 Å². The molecule has 0 radical (unpaired) electrons. The molecule has 21 heavy (non-hydrogen) atoms. The van der Waals surface area contributed by atoms with Crippen LogP contribution in [0.15, 0.2) is 59.5 Å². The first-order chi connectivity index (χ1) is 10.3. The second kappa shape index (κ2) is 6.33. The van der Waals surface area contributed by atoms with Crippen molar-refractivity contribution in [1.29, 1.82) is 0 Å². The summed E-state index contributed by atoms with van der Waals surface area (Å²) < 4.78 is 0. The van der Waals surface area contributed by atoms with Crippen LogP contribution in [0.2, 0.25) is 0 Å². The summed E-state index contributed by atoms with van der Waals surface area (Å²) in [5.74, 6) is 0.609. The molecule has 2 atom stereocenters. The number of carbonyl (C=O) groups is 1. The number of rotatable bonds is 4. The third-order valence-corrected chi connectivity index (χ3v) is 4.90. The molecule has 0 fully saturated rings. The molecule has 1 amide bonds. The minimum atomic E-state index is -0.350. The smallest absolute Gasteiger partial charge is 0.228 e. The molecule has 1 aliphatic rings. The van der Waals surface area contributed by atoms with E-state index in [0.29, 0.717) is 0 Å². The quantitative estimate of drug-likeness (QED) is 0.912. The van der Waals surface area contributed by atoms with E-state index in [0.717, 1.165) is 16.9 Å². The van der Waals surface area contributed by atoms with Gasteiger partial charge >= 0.3 is 0 Å². The molecule has 3 rings (SSSR count). The molecular weight excluding hydrogens is 282 g/mol. The van der Waals surface area contributed by atoms with Crippen molar-refractivity contribution in [3.63, 3.8) is 0 Å². The van der Waals surface area contributed by atoms with Crippen LogP contribution in [0.5, 0.6) is 0 Å². The van der Waals surface area contributed by atoms with Crippen molar-refractivity contribution >= 4 is 17.7 Å². The Bertz CT molecular complexity index is 630. The number of thioether (sulfide) groups is 1. The second-order valence-corrected chi connectivity index (χ2v) is 6.12. The van der Waals surface area contributed by atoms with E-state index in [-0.39, 0.29) is 24.5 Å². The Morgan fingerprint density at radius 3 is 2.67 bits per heavy atom. The summed E-state index contributed by atoms with van der Waals surface area (Å²) in [6.07, 6.45) is 0. The average molecular weight is 299 g/mol. The number of carbonyl (C=O) groups excluding carboxylic acids is 1. The van der Waals surface area contributed by atoms with E-state index in [1.165, 1.54) is 4.90 Å². The van der Waals surface area contributed by atoms with Crippen LogP contribution >= 0.6 is 11.8 Å². The van der Waals surface area contributed by atoms with Gasteiger partial charge in [0.2, 0.25) is 5.91 Å². The molecule has 0 bridgehead atoms. The number of nitrogens with one attached hydrogen (secondary N) is 1. The molecule has 2 N–H and O–H groups in total. The average Bonchev–Trinajstić information content (AvgIpc) is 2.97. The fraction of sp³-hybridized carbons (Fsp3) is 0.235. The first kappa shape index (κ1) is 14.2. The highest BCUT2D eigenvalue weighted by atomic mass is 32.2.